The fraction of sp³-hybridized carbons (Fsp3) is 0.692. The van der Waals surface area contributed by atoms with E-state index in [0.717, 1.165) is 38.8 Å². The minimum Gasteiger partial charge on any atom is -0.473 e. The number of nitrogens with zero attached hydrogens (tertiary/aromatic N) is 2. The van der Waals surface area contributed by atoms with Crippen molar-refractivity contribution < 1.29 is 23.8 Å². The second kappa shape index (κ2) is 13.8. The molecular formula is C26H41Cl2N3O5. The van der Waals surface area contributed by atoms with Crippen LogP contribution in [0.5, 0.6) is 5.75 Å². The molecular weight excluding hydrogens is 505 g/mol. The third-order valence-electron chi connectivity index (χ3n) is 6.62. The van der Waals surface area contributed by atoms with E-state index in [1.165, 1.54) is 0 Å². The van der Waals surface area contributed by atoms with Crippen LogP contribution in [-0.2, 0) is 14.3 Å². The summed E-state index contributed by atoms with van der Waals surface area (Å²) in [6.07, 6.45) is 3.53. The third-order valence-corrected chi connectivity index (χ3v) is 6.93. The number of benzene rings is 1. The first-order valence-corrected chi connectivity index (χ1v) is 13.1. The molecule has 2 heterocycles. The third kappa shape index (κ3) is 6.84. The largest absolute Gasteiger partial charge is 0.473 e. The summed E-state index contributed by atoms with van der Waals surface area (Å²) < 4.78 is 16.9. The van der Waals surface area contributed by atoms with Gasteiger partial charge in [0.25, 0.3) is 11.8 Å². The van der Waals surface area contributed by atoms with E-state index in [4.69, 9.17) is 25.8 Å². The Balaban J connectivity index is 0.00000456. The zero-order valence-corrected chi connectivity index (χ0v) is 23.7. The van der Waals surface area contributed by atoms with Gasteiger partial charge in [0.05, 0.1) is 22.9 Å². The Bertz CT molecular complexity index is 895. The van der Waals surface area contributed by atoms with Crippen molar-refractivity contribution >= 4 is 41.5 Å². The molecule has 8 nitrogen and oxygen atoms in total. The van der Waals surface area contributed by atoms with Crippen LogP contribution in [0.4, 0.5) is 5.69 Å². The maximum absolute atomic E-state index is 13.8. The summed E-state index contributed by atoms with van der Waals surface area (Å²) >= 11 is 6.68. The number of halogens is 2. The molecule has 10 heteroatoms. The fourth-order valence-electron chi connectivity index (χ4n) is 4.84. The van der Waals surface area contributed by atoms with Crippen molar-refractivity contribution in [3.05, 3.63) is 22.7 Å². The smallest absolute Gasteiger partial charge is 0.273 e. The molecule has 2 amide bonds. The highest BCUT2D eigenvalue weighted by atomic mass is 35.5. The number of piperidine rings is 1. The van der Waals surface area contributed by atoms with Crippen molar-refractivity contribution in [2.24, 2.45) is 0 Å². The Morgan fingerprint density at radius 1 is 1.36 bits per heavy atom. The number of hydrogen-bond donors (Lipinski definition) is 1. The summed E-state index contributed by atoms with van der Waals surface area (Å²) in [5.74, 6) is 0.167. The molecule has 1 fully saturated rings. The van der Waals surface area contributed by atoms with Gasteiger partial charge in [0.2, 0.25) is 5.60 Å². The van der Waals surface area contributed by atoms with Gasteiger partial charge in [-0.05, 0) is 66.0 Å². The standard InChI is InChI=1S/C26H40ClN3O5.ClH/c1-6-34-17-26(4)25(32)29(12-7-8-13-33-5)22-14-20(21(27)15-23(22)35-26)24(31)30(18(2)3)19-10-9-11-28-16-19;/h14-15,18-19,28H,6-13,16-17H2,1-5H3;1H/t19-,26?;/m1./s1. The molecule has 0 saturated carbocycles. The van der Waals surface area contributed by atoms with Crippen molar-refractivity contribution in [1.82, 2.24) is 10.2 Å². The molecule has 1 unspecified atom stereocenters. The number of ether oxygens (including phenoxy) is 3. The number of unbranched alkanes of at least 4 members (excludes halogenated alkanes) is 1. The number of methoxy groups -OCH3 is 1. The lowest BCUT2D eigenvalue weighted by atomic mass is 9.99. The summed E-state index contributed by atoms with van der Waals surface area (Å²) in [5.41, 5.74) is -0.215. The van der Waals surface area contributed by atoms with E-state index in [-0.39, 0.29) is 42.9 Å². The highest BCUT2D eigenvalue weighted by Gasteiger charge is 2.45. The van der Waals surface area contributed by atoms with Crippen LogP contribution < -0.4 is 15.0 Å². The van der Waals surface area contributed by atoms with Gasteiger partial charge in [-0.3, -0.25) is 9.59 Å². The Kier molecular flexibility index (Phi) is 11.8. The van der Waals surface area contributed by atoms with Crippen LogP contribution in [0.3, 0.4) is 0 Å². The number of fused-ring (bicyclic) bond motifs is 1. The van der Waals surface area contributed by atoms with Crippen LogP contribution >= 0.6 is 24.0 Å². The molecule has 0 bridgehead atoms. The minimum atomic E-state index is -1.17. The summed E-state index contributed by atoms with van der Waals surface area (Å²) in [6.45, 7) is 11.1. The Hall–Kier alpha value is -1.58. The molecule has 0 radical (unpaired) electrons. The lowest BCUT2D eigenvalue weighted by molar-refractivity contribution is -0.139. The molecule has 204 valence electrons. The quantitative estimate of drug-likeness (QED) is 0.417. The van der Waals surface area contributed by atoms with Crippen LogP contribution in [0.15, 0.2) is 12.1 Å². The number of nitrogens with one attached hydrogen (secondary N) is 1. The second-order valence-electron chi connectivity index (χ2n) is 9.73. The lowest BCUT2D eigenvalue weighted by Crippen LogP contribution is -2.57. The molecule has 1 saturated heterocycles. The van der Waals surface area contributed by atoms with E-state index in [0.29, 0.717) is 41.8 Å². The first kappa shape index (κ1) is 30.6. The Labute approximate surface area is 226 Å². The van der Waals surface area contributed by atoms with Crippen molar-refractivity contribution in [2.45, 2.75) is 71.1 Å². The number of amides is 2. The van der Waals surface area contributed by atoms with E-state index < -0.39 is 5.60 Å². The minimum absolute atomic E-state index is 0. The van der Waals surface area contributed by atoms with Crippen LogP contribution in [0, 0.1) is 0 Å². The van der Waals surface area contributed by atoms with Crippen LogP contribution in [0.25, 0.3) is 0 Å². The van der Waals surface area contributed by atoms with E-state index >= 15 is 0 Å². The van der Waals surface area contributed by atoms with Gasteiger partial charge in [-0.15, -0.1) is 12.4 Å². The van der Waals surface area contributed by atoms with Gasteiger partial charge in [0.15, 0.2) is 0 Å². The van der Waals surface area contributed by atoms with Gasteiger partial charge in [0.1, 0.15) is 5.75 Å². The fourth-order valence-corrected chi connectivity index (χ4v) is 5.07. The van der Waals surface area contributed by atoms with Crippen molar-refractivity contribution in [3.8, 4) is 5.75 Å². The summed E-state index contributed by atoms with van der Waals surface area (Å²) in [6, 6.07) is 3.50. The van der Waals surface area contributed by atoms with Gasteiger partial charge in [-0.25, -0.2) is 0 Å². The monoisotopic (exact) mass is 545 g/mol. The highest BCUT2D eigenvalue weighted by Crippen LogP contribution is 2.42. The molecule has 2 atom stereocenters. The number of carbonyl (C=O) groups is 2. The first-order chi connectivity index (χ1) is 16.7. The van der Waals surface area contributed by atoms with E-state index in [1.807, 2.05) is 25.7 Å². The van der Waals surface area contributed by atoms with Gasteiger partial charge in [-0.2, -0.15) is 0 Å². The maximum Gasteiger partial charge on any atom is 0.273 e. The predicted molar refractivity (Wildman–Crippen MR) is 145 cm³/mol. The molecule has 1 N–H and O–H groups in total. The molecule has 1 aromatic rings. The molecule has 0 aromatic heterocycles. The highest BCUT2D eigenvalue weighted by molar-refractivity contribution is 6.34. The molecule has 0 spiro atoms. The van der Waals surface area contributed by atoms with E-state index in [2.05, 4.69) is 5.32 Å². The number of hydrogen-bond acceptors (Lipinski definition) is 6. The van der Waals surface area contributed by atoms with Crippen LogP contribution in [-0.4, -0.2) is 81.0 Å². The van der Waals surface area contributed by atoms with Gasteiger partial charge in [0, 0.05) is 51.6 Å². The second-order valence-corrected chi connectivity index (χ2v) is 10.1. The molecule has 2 aliphatic heterocycles. The Morgan fingerprint density at radius 3 is 2.72 bits per heavy atom. The number of carbonyl (C=O) groups excluding carboxylic acids is 2. The van der Waals surface area contributed by atoms with Crippen molar-refractivity contribution in [1.29, 1.82) is 0 Å². The Morgan fingerprint density at radius 2 is 2.11 bits per heavy atom. The zero-order valence-electron chi connectivity index (χ0n) is 22.1. The average Bonchev–Trinajstić information content (AvgIpc) is 2.83. The lowest BCUT2D eigenvalue weighted by Gasteiger charge is -2.41. The first-order valence-electron chi connectivity index (χ1n) is 12.7. The normalized spacial score (nSPS) is 21.6. The predicted octanol–water partition coefficient (Wildman–Crippen LogP) is 4.31. The molecule has 0 aliphatic carbocycles. The van der Waals surface area contributed by atoms with Crippen molar-refractivity contribution in [3.63, 3.8) is 0 Å². The van der Waals surface area contributed by atoms with Crippen LogP contribution in [0.1, 0.15) is 63.7 Å². The van der Waals surface area contributed by atoms with E-state index in [1.54, 1.807) is 31.1 Å². The van der Waals surface area contributed by atoms with Gasteiger partial charge >= 0.3 is 0 Å². The SMILES string of the molecule is CCOCC1(C)Oc2cc(Cl)c(C(=O)N(C(C)C)[C@@H]3CCCNC3)cc2N(CCCCOC)C1=O.Cl. The summed E-state index contributed by atoms with van der Waals surface area (Å²) in [7, 11) is 1.66. The number of anilines is 1. The summed E-state index contributed by atoms with van der Waals surface area (Å²) in [4.78, 5) is 31.0. The molecule has 3 rings (SSSR count). The topological polar surface area (TPSA) is 80.3 Å². The molecule has 36 heavy (non-hydrogen) atoms. The van der Waals surface area contributed by atoms with Gasteiger partial charge in [-0.1, -0.05) is 11.6 Å². The maximum atomic E-state index is 13.8. The molecule has 1 aromatic carbocycles. The average molecular weight is 547 g/mol. The zero-order chi connectivity index (χ0) is 25.6. The van der Waals surface area contributed by atoms with Crippen LogP contribution in [0.2, 0.25) is 5.02 Å². The van der Waals surface area contributed by atoms with Gasteiger partial charge < -0.3 is 29.3 Å². The summed E-state index contributed by atoms with van der Waals surface area (Å²) in [5, 5.41) is 3.71. The number of rotatable bonds is 11. The van der Waals surface area contributed by atoms with Crippen molar-refractivity contribution in [2.75, 3.05) is 51.5 Å². The molecule has 2 aliphatic rings. The van der Waals surface area contributed by atoms with E-state index in [9.17, 15) is 9.59 Å².